The number of ether oxygens (including phenoxy) is 1. The van der Waals surface area contributed by atoms with Gasteiger partial charge >= 0.3 is 5.97 Å². The molecule has 0 aromatic carbocycles. The highest BCUT2D eigenvalue weighted by Crippen LogP contribution is 2.41. The minimum absolute atomic E-state index is 0.109. The van der Waals surface area contributed by atoms with E-state index in [9.17, 15) is 9.90 Å². The van der Waals surface area contributed by atoms with Crippen molar-refractivity contribution in [3.63, 3.8) is 0 Å². The number of rotatable bonds is 11. The molecule has 1 unspecified atom stereocenters. The van der Waals surface area contributed by atoms with Crippen LogP contribution >= 0.6 is 11.3 Å². The lowest BCUT2D eigenvalue weighted by atomic mass is 9.77. The highest BCUT2D eigenvalue weighted by atomic mass is 32.1. The van der Waals surface area contributed by atoms with E-state index < -0.39 is 25.8 Å². The van der Waals surface area contributed by atoms with Gasteiger partial charge in [-0.1, -0.05) is 76.6 Å². The maximum absolute atomic E-state index is 11.5. The van der Waals surface area contributed by atoms with E-state index in [0.717, 1.165) is 17.8 Å². The van der Waals surface area contributed by atoms with E-state index >= 15 is 0 Å². The Bertz CT molecular complexity index is 997. The summed E-state index contributed by atoms with van der Waals surface area (Å²) in [5.41, 5.74) is 1.30. The largest absolute Gasteiger partial charge is 0.464 e. The van der Waals surface area contributed by atoms with E-state index in [0.29, 0.717) is 18.0 Å². The maximum Gasteiger partial charge on any atom is 0.357 e. The summed E-state index contributed by atoms with van der Waals surface area (Å²) < 4.78 is 11.4. The van der Waals surface area contributed by atoms with Crippen LogP contribution in [0.1, 0.15) is 76.3 Å². The van der Waals surface area contributed by atoms with E-state index in [-0.39, 0.29) is 11.1 Å². The molecule has 1 aliphatic rings. The summed E-state index contributed by atoms with van der Waals surface area (Å²) in [4.78, 5) is 15.8. The van der Waals surface area contributed by atoms with Crippen molar-refractivity contribution in [2.45, 2.75) is 91.1 Å². The van der Waals surface area contributed by atoms with Crippen molar-refractivity contribution in [2.75, 3.05) is 7.11 Å². The summed E-state index contributed by atoms with van der Waals surface area (Å²) in [5.74, 6) is -0.0101. The normalized spacial score (nSPS) is 20.4. The van der Waals surface area contributed by atoms with E-state index in [1.54, 1.807) is 5.38 Å². The SMILES string of the molecule is C/C=C/[C@H](O[Si](C)(C)C(C)(C)C)C(C)(C)[C@@H](O)C/C=C\C1CC/C1=C\C=C/c1nc(C(=O)OC)cs1. The Morgan fingerprint density at radius 2 is 2.00 bits per heavy atom. The molecule has 1 aromatic rings. The molecular formula is C29H45NO4SSi. The Morgan fingerprint density at radius 1 is 1.31 bits per heavy atom. The van der Waals surface area contributed by atoms with Crippen LogP contribution < -0.4 is 0 Å². The van der Waals surface area contributed by atoms with Crippen LogP contribution in [0.5, 0.6) is 0 Å². The van der Waals surface area contributed by atoms with Gasteiger partial charge in [-0.15, -0.1) is 11.3 Å². The third kappa shape index (κ3) is 7.85. The molecular weight excluding hydrogens is 486 g/mol. The van der Waals surface area contributed by atoms with Crippen LogP contribution in [0.3, 0.4) is 0 Å². The predicted molar refractivity (Wildman–Crippen MR) is 154 cm³/mol. The van der Waals surface area contributed by atoms with Crippen molar-refractivity contribution < 1.29 is 19.1 Å². The quantitative estimate of drug-likeness (QED) is 0.181. The Morgan fingerprint density at radius 3 is 2.56 bits per heavy atom. The number of hydrogen-bond donors (Lipinski definition) is 1. The number of hydrogen-bond acceptors (Lipinski definition) is 6. The summed E-state index contributed by atoms with van der Waals surface area (Å²) in [6, 6.07) is 0. The molecule has 1 aliphatic carbocycles. The predicted octanol–water partition coefficient (Wildman–Crippen LogP) is 7.58. The smallest absolute Gasteiger partial charge is 0.357 e. The van der Waals surface area contributed by atoms with Crippen LogP contribution in [-0.2, 0) is 9.16 Å². The highest BCUT2D eigenvalue weighted by Gasteiger charge is 2.44. The zero-order valence-electron chi connectivity index (χ0n) is 23.5. The molecule has 0 aliphatic heterocycles. The van der Waals surface area contributed by atoms with Crippen LogP contribution in [0.25, 0.3) is 6.08 Å². The number of nitrogens with zero attached hydrogens (tertiary/aromatic N) is 1. The number of aromatic nitrogens is 1. The minimum Gasteiger partial charge on any atom is -0.464 e. The molecule has 36 heavy (non-hydrogen) atoms. The summed E-state index contributed by atoms with van der Waals surface area (Å²) in [6.45, 7) is 17.5. The molecule has 1 heterocycles. The molecule has 5 nitrogen and oxygen atoms in total. The Labute approximate surface area is 223 Å². The summed E-state index contributed by atoms with van der Waals surface area (Å²) in [5, 5.41) is 13.7. The molecule has 0 spiro atoms. The molecule has 1 saturated carbocycles. The Balaban J connectivity index is 1.98. The van der Waals surface area contributed by atoms with Gasteiger partial charge in [0.15, 0.2) is 14.0 Å². The van der Waals surface area contributed by atoms with E-state index in [2.05, 4.69) is 77.0 Å². The van der Waals surface area contributed by atoms with Crippen LogP contribution in [0.2, 0.25) is 18.1 Å². The first-order valence-corrected chi connectivity index (χ1v) is 16.6. The van der Waals surface area contributed by atoms with Crippen LogP contribution in [-0.4, -0.2) is 43.7 Å². The topological polar surface area (TPSA) is 68.7 Å². The van der Waals surface area contributed by atoms with E-state index in [4.69, 9.17) is 9.16 Å². The van der Waals surface area contributed by atoms with Crippen molar-refractivity contribution in [1.82, 2.24) is 4.98 Å². The number of carbonyl (C=O) groups excluding carboxylic acids is 1. The molecule has 200 valence electrons. The van der Waals surface area contributed by atoms with Gasteiger partial charge in [0, 0.05) is 10.8 Å². The monoisotopic (exact) mass is 531 g/mol. The number of methoxy groups -OCH3 is 1. The lowest BCUT2D eigenvalue weighted by molar-refractivity contribution is -0.0181. The zero-order valence-corrected chi connectivity index (χ0v) is 25.3. The average molecular weight is 532 g/mol. The fourth-order valence-corrected chi connectivity index (χ4v) is 5.75. The lowest BCUT2D eigenvalue weighted by Gasteiger charge is -2.45. The molecule has 0 radical (unpaired) electrons. The van der Waals surface area contributed by atoms with Crippen LogP contribution in [0.15, 0.2) is 47.4 Å². The van der Waals surface area contributed by atoms with Gasteiger partial charge in [-0.05, 0) is 56.3 Å². The number of thiazole rings is 1. The second kappa shape index (κ2) is 12.6. The first-order valence-electron chi connectivity index (χ1n) is 12.8. The average Bonchev–Trinajstić information content (AvgIpc) is 3.25. The third-order valence-electron chi connectivity index (χ3n) is 7.60. The summed E-state index contributed by atoms with van der Waals surface area (Å²) in [7, 11) is -0.624. The lowest BCUT2D eigenvalue weighted by Crippen LogP contribution is -2.50. The van der Waals surface area contributed by atoms with Gasteiger partial charge in [0.2, 0.25) is 0 Å². The molecule has 0 amide bonds. The van der Waals surface area contributed by atoms with Gasteiger partial charge in [-0.2, -0.15) is 0 Å². The van der Waals surface area contributed by atoms with Gasteiger partial charge < -0.3 is 14.3 Å². The van der Waals surface area contributed by atoms with Gasteiger partial charge in [-0.25, -0.2) is 9.78 Å². The van der Waals surface area contributed by atoms with Gasteiger partial charge in [0.1, 0.15) is 5.01 Å². The van der Waals surface area contributed by atoms with Crippen molar-refractivity contribution in [1.29, 1.82) is 0 Å². The molecule has 1 fully saturated rings. The van der Waals surface area contributed by atoms with E-state index in [1.807, 2.05) is 25.2 Å². The van der Waals surface area contributed by atoms with Crippen molar-refractivity contribution in [2.24, 2.45) is 11.3 Å². The molecule has 7 heteroatoms. The highest BCUT2D eigenvalue weighted by molar-refractivity contribution is 7.10. The second-order valence-corrected chi connectivity index (χ2v) is 17.3. The first kappa shape index (κ1) is 30.4. The summed E-state index contributed by atoms with van der Waals surface area (Å²) in [6.07, 6.45) is 16.7. The number of carbonyl (C=O) groups is 1. The van der Waals surface area contributed by atoms with E-state index in [1.165, 1.54) is 24.0 Å². The van der Waals surface area contributed by atoms with Gasteiger partial charge in [0.05, 0.1) is 19.3 Å². The van der Waals surface area contributed by atoms with Crippen molar-refractivity contribution in [3.05, 3.63) is 58.1 Å². The second-order valence-electron chi connectivity index (χ2n) is 11.6. The molecule has 0 saturated heterocycles. The standard InChI is InChI=1S/C29H45NO4SSi/c1-10-13-25(34-36(8,9)28(2,3)4)29(5,6)24(31)16-11-14-21-18-19-22(21)15-12-17-26-30-23(20-35-26)27(32)33-7/h10-15,17,20-21,24-25,31H,16,18-19H2,1-9H3/b13-10+,14-11-,17-12-,22-15+/t21?,24-,25-/m0/s1. The Kier molecular flexibility index (Phi) is 10.7. The van der Waals surface area contributed by atoms with Crippen LogP contribution in [0, 0.1) is 11.3 Å². The Hall–Kier alpha value is -1.80. The van der Waals surface area contributed by atoms with Crippen molar-refractivity contribution >= 4 is 31.7 Å². The molecule has 3 atom stereocenters. The minimum atomic E-state index is -1.98. The number of esters is 1. The fourth-order valence-electron chi connectivity index (χ4n) is 3.69. The fraction of sp³-hybridized carbons (Fsp3) is 0.586. The zero-order chi connectivity index (χ0) is 27.1. The molecule has 1 aromatic heterocycles. The first-order chi connectivity index (χ1) is 16.7. The molecule has 1 N–H and O–H groups in total. The molecule has 2 rings (SSSR count). The number of aliphatic hydroxyl groups is 1. The number of allylic oxidation sites excluding steroid dienone is 5. The third-order valence-corrected chi connectivity index (χ3v) is 12.9. The van der Waals surface area contributed by atoms with Crippen LogP contribution in [0.4, 0.5) is 0 Å². The number of aliphatic hydroxyl groups excluding tert-OH is 1. The van der Waals surface area contributed by atoms with Crippen molar-refractivity contribution in [3.8, 4) is 0 Å². The maximum atomic E-state index is 11.5. The summed E-state index contributed by atoms with van der Waals surface area (Å²) >= 11 is 1.42. The molecule has 0 bridgehead atoms. The van der Waals surface area contributed by atoms with Gasteiger partial charge in [-0.3, -0.25) is 0 Å². The van der Waals surface area contributed by atoms with Gasteiger partial charge in [0.25, 0.3) is 0 Å².